The SMILES string of the molecule is NC(=O)C1CCC(C2c3ccccc3-c3cncn32)CC1. The molecule has 2 aliphatic rings. The summed E-state index contributed by atoms with van der Waals surface area (Å²) in [4.78, 5) is 15.7. The van der Waals surface area contributed by atoms with Crippen LogP contribution in [0.4, 0.5) is 0 Å². The van der Waals surface area contributed by atoms with Gasteiger partial charge in [-0.1, -0.05) is 24.3 Å². The molecule has 1 amide bonds. The molecule has 0 radical (unpaired) electrons. The number of carbonyl (C=O) groups is 1. The predicted octanol–water partition coefficient (Wildman–Crippen LogP) is 2.74. The van der Waals surface area contributed by atoms with Crippen LogP contribution in [0, 0.1) is 11.8 Å². The quantitative estimate of drug-likeness (QED) is 0.920. The molecule has 4 heteroatoms. The third kappa shape index (κ3) is 1.89. The molecular formula is C17H19N3O. The first kappa shape index (κ1) is 12.6. The highest BCUT2D eigenvalue weighted by molar-refractivity contribution is 5.76. The van der Waals surface area contributed by atoms with Crippen LogP contribution in [0.2, 0.25) is 0 Å². The van der Waals surface area contributed by atoms with Crippen molar-refractivity contribution in [3.8, 4) is 11.3 Å². The molecule has 4 rings (SSSR count). The van der Waals surface area contributed by atoms with Crippen LogP contribution in [0.1, 0.15) is 37.3 Å². The molecule has 21 heavy (non-hydrogen) atoms. The number of aromatic nitrogens is 2. The molecule has 0 spiro atoms. The second-order valence-corrected chi connectivity index (χ2v) is 6.23. The summed E-state index contributed by atoms with van der Waals surface area (Å²) in [5.74, 6) is 0.501. The third-order valence-corrected chi connectivity index (χ3v) is 5.14. The Kier molecular flexibility index (Phi) is 2.84. The molecule has 0 saturated heterocycles. The van der Waals surface area contributed by atoms with Crippen molar-refractivity contribution in [3.05, 3.63) is 42.4 Å². The lowest BCUT2D eigenvalue weighted by molar-refractivity contribution is -0.123. The molecule has 2 N–H and O–H groups in total. The molecule has 1 aliphatic heterocycles. The summed E-state index contributed by atoms with van der Waals surface area (Å²) in [6.45, 7) is 0. The Hall–Kier alpha value is -2.10. The van der Waals surface area contributed by atoms with Gasteiger partial charge in [-0.05, 0) is 37.2 Å². The van der Waals surface area contributed by atoms with E-state index in [9.17, 15) is 4.79 Å². The zero-order chi connectivity index (χ0) is 14.4. The molecule has 1 fully saturated rings. The maximum Gasteiger partial charge on any atom is 0.220 e. The van der Waals surface area contributed by atoms with Gasteiger partial charge in [-0.3, -0.25) is 4.79 Å². The molecule has 2 heterocycles. The van der Waals surface area contributed by atoms with E-state index in [-0.39, 0.29) is 11.8 Å². The van der Waals surface area contributed by atoms with Gasteiger partial charge in [0, 0.05) is 11.5 Å². The summed E-state index contributed by atoms with van der Waals surface area (Å²) in [6.07, 6.45) is 7.86. The fraction of sp³-hybridized carbons (Fsp3) is 0.412. The van der Waals surface area contributed by atoms with Gasteiger partial charge in [-0.2, -0.15) is 0 Å². The van der Waals surface area contributed by atoms with E-state index in [1.807, 2.05) is 12.5 Å². The highest BCUT2D eigenvalue weighted by atomic mass is 16.1. The Bertz CT molecular complexity index is 683. The van der Waals surface area contributed by atoms with E-state index in [0.717, 1.165) is 25.7 Å². The summed E-state index contributed by atoms with van der Waals surface area (Å²) in [5.41, 5.74) is 9.37. The highest BCUT2D eigenvalue weighted by Crippen LogP contribution is 2.47. The van der Waals surface area contributed by atoms with Gasteiger partial charge in [0.1, 0.15) is 0 Å². The maximum absolute atomic E-state index is 11.3. The van der Waals surface area contributed by atoms with E-state index in [1.165, 1.54) is 16.8 Å². The van der Waals surface area contributed by atoms with E-state index >= 15 is 0 Å². The monoisotopic (exact) mass is 281 g/mol. The minimum atomic E-state index is -0.136. The molecule has 4 nitrogen and oxygen atoms in total. The van der Waals surface area contributed by atoms with Crippen LogP contribution in [0.15, 0.2) is 36.8 Å². The van der Waals surface area contributed by atoms with E-state index in [2.05, 4.69) is 33.8 Å². The number of nitrogens with zero attached hydrogens (tertiary/aromatic N) is 2. The Balaban J connectivity index is 1.66. The smallest absolute Gasteiger partial charge is 0.220 e. The molecule has 108 valence electrons. The van der Waals surface area contributed by atoms with Crippen molar-refractivity contribution in [1.29, 1.82) is 0 Å². The number of rotatable bonds is 2. The van der Waals surface area contributed by atoms with Crippen LogP contribution in [-0.4, -0.2) is 15.5 Å². The van der Waals surface area contributed by atoms with Crippen LogP contribution in [-0.2, 0) is 4.79 Å². The first-order chi connectivity index (χ1) is 10.3. The first-order valence-corrected chi connectivity index (χ1v) is 7.66. The number of benzene rings is 1. The summed E-state index contributed by atoms with van der Waals surface area (Å²) >= 11 is 0. The topological polar surface area (TPSA) is 60.9 Å². The number of nitrogens with two attached hydrogens (primary N) is 1. The molecule has 1 aliphatic carbocycles. The Morgan fingerprint density at radius 2 is 1.95 bits per heavy atom. The molecule has 0 bridgehead atoms. The Morgan fingerprint density at radius 3 is 2.71 bits per heavy atom. The van der Waals surface area contributed by atoms with Crippen molar-refractivity contribution in [2.24, 2.45) is 17.6 Å². The first-order valence-electron chi connectivity index (χ1n) is 7.66. The van der Waals surface area contributed by atoms with Crippen molar-refractivity contribution in [2.75, 3.05) is 0 Å². The number of imidazole rings is 1. The van der Waals surface area contributed by atoms with Crippen LogP contribution in [0.25, 0.3) is 11.3 Å². The summed E-state index contributed by atoms with van der Waals surface area (Å²) in [7, 11) is 0. The number of carbonyl (C=O) groups excluding carboxylic acids is 1. The summed E-state index contributed by atoms with van der Waals surface area (Å²) < 4.78 is 2.31. The van der Waals surface area contributed by atoms with Gasteiger partial charge in [-0.25, -0.2) is 4.98 Å². The number of amides is 1. The van der Waals surface area contributed by atoms with Crippen molar-refractivity contribution >= 4 is 5.91 Å². The fourth-order valence-corrected chi connectivity index (χ4v) is 4.07. The lowest BCUT2D eigenvalue weighted by atomic mass is 9.76. The third-order valence-electron chi connectivity index (χ3n) is 5.14. The van der Waals surface area contributed by atoms with Gasteiger partial charge in [0.05, 0.1) is 24.3 Å². The number of hydrogen-bond acceptors (Lipinski definition) is 2. The molecule has 1 aromatic heterocycles. The molecule has 1 saturated carbocycles. The second kappa shape index (κ2) is 4.72. The van der Waals surface area contributed by atoms with Crippen LogP contribution >= 0.6 is 0 Å². The average molecular weight is 281 g/mol. The van der Waals surface area contributed by atoms with Gasteiger partial charge >= 0.3 is 0 Å². The predicted molar refractivity (Wildman–Crippen MR) is 80.4 cm³/mol. The van der Waals surface area contributed by atoms with Gasteiger partial charge in [0.15, 0.2) is 0 Å². The van der Waals surface area contributed by atoms with E-state index < -0.39 is 0 Å². The normalized spacial score (nSPS) is 27.1. The van der Waals surface area contributed by atoms with Crippen molar-refractivity contribution in [2.45, 2.75) is 31.7 Å². The number of primary amides is 1. The highest BCUT2D eigenvalue weighted by Gasteiger charge is 2.36. The van der Waals surface area contributed by atoms with E-state index in [4.69, 9.17) is 5.73 Å². The number of hydrogen-bond donors (Lipinski definition) is 1. The van der Waals surface area contributed by atoms with E-state index in [1.54, 1.807) is 0 Å². The average Bonchev–Trinajstić information content (AvgIpc) is 3.07. The van der Waals surface area contributed by atoms with Gasteiger partial charge in [-0.15, -0.1) is 0 Å². The molecular weight excluding hydrogens is 262 g/mol. The van der Waals surface area contributed by atoms with Crippen LogP contribution in [0.3, 0.4) is 0 Å². The minimum Gasteiger partial charge on any atom is -0.369 e. The van der Waals surface area contributed by atoms with E-state index in [0.29, 0.717) is 12.0 Å². The summed E-state index contributed by atoms with van der Waals surface area (Å²) in [5, 5.41) is 0. The van der Waals surface area contributed by atoms with Crippen molar-refractivity contribution in [1.82, 2.24) is 9.55 Å². The lowest BCUT2D eigenvalue weighted by Crippen LogP contribution is -2.30. The van der Waals surface area contributed by atoms with Crippen molar-refractivity contribution in [3.63, 3.8) is 0 Å². The summed E-state index contributed by atoms with van der Waals surface area (Å²) in [6, 6.07) is 8.97. The molecule has 1 unspecified atom stereocenters. The minimum absolute atomic E-state index is 0.0696. The number of fused-ring (bicyclic) bond motifs is 3. The van der Waals surface area contributed by atoms with Gasteiger partial charge in [0.25, 0.3) is 0 Å². The maximum atomic E-state index is 11.3. The lowest BCUT2D eigenvalue weighted by Gasteiger charge is -2.32. The van der Waals surface area contributed by atoms with Gasteiger partial charge in [0.2, 0.25) is 5.91 Å². The molecule has 2 aromatic rings. The van der Waals surface area contributed by atoms with Crippen LogP contribution < -0.4 is 5.73 Å². The fourth-order valence-electron chi connectivity index (χ4n) is 4.07. The molecule has 1 aromatic carbocycles. The standard InChI is InChI=1S/C17H19N3O/c18-17(21)12-7-5-11(6-8-12)16-14-4-2-1-3-13(14)15-9-19-10-20(15)16/h1-4,9-12,16H,5-8H2,(H2,18,21). The Labute approximate surface area is 124 Å². The largest absolute Gasteiger partial charge is 0.369 e. The zero-order valence-corrected chi connectivity index (χ0v) is 11.9. The second-order valence-electron chi connectivity index (χ2n) is 6.23. The molecule has 1 atom stereocenters. The van der Waals surface area contributed by atoms with Gasteiger partial charge < -0.3 is 10.3 Å². The van der Waals surface area contributed by atoms with Crippen molar-refractivity contribution < 1.29 is 4.79 Å². The Morgan fingerprint density at radius 1 is 1.19 bits per heavy atom. The zero-order valence-electron chi connectivity index (χ0n) is 11.9. The van der Waals surface area contributed by atoms with Crippen LogP contribution in [0.5, 0.6) is 0 Å².